The normalized spacial score (nSPS) is 34.0. The summed E-state index contributed by atoms with van der Waals surface area (Å²) in [6, 6.07) is 7.02. The number of Topliss-reactive ketones (excluding diaryl/α,β-unsaturated/α-hetero) is 1. The summed E-state index contributed by atoms with van der Waals surface area (Å²) in [5.74, 6) is 0.495. The number of likely N-dealkylation sites (tertiary alicyclic amines) is 1. The van der Waals surface area contributed by atoms with Gasteiger partial charge in [0.15, 0.2) is 5.78 Å². The summed E-state index contributed by atoms with van der Waals surface area (Å²) in [6.45, 7) is 6.01. The topological polar surface area (TPSA) is 58.6 Å². The zero-order valence-electron chi connectivity index (χ0n) is 13.4. The van der Waals surface area contributed by atoms with Gasteiger partial charge in [0.25, 0.3) is 5.91 Å². The van der Waals surface area contributed by atoms with E-state index in [0.717, 1.165) is 32.7 Å². The summed E-state index contributed by atoms with van der Waals surface area (Å²) in [5.41, 5.74) is 0.506. The van der Waals surface area contributed by atoms with Crippen LogP contribution in [0.5, 0.6) is 0 Å². The van der Waals surface area contributed by atoms with Gasteiger partial charge in [-0.2, -0.15) is 0 Å². The molecular formula is C18H22N2O3. The molecule has 5 heteroatoms. The lowest BCUT2D eigenvalue weighted by Crippen LogP contribution is -2.47. The second-order valence-corrected chi connectivity index (χ2v) is 7.24. The van der Waals surface area contributed by atoms with Crippen molar-refractivity contribution in [3.05, 3.63) is 35.4 Å². The molecule has 2 saturated heterocycles. The van der Waals surface area contributed by atoms with E-state index in [9.17, 15) is 9.59 Å². The van der Waals surface area contributed by atoms with Gasteiger partial charge in [0.1, 0.15) is 0 Å². The Morgan fingerprint density at radius 2 is 2.09 bits per heavy atom. The van der Waals surface area contributed by atoms with E-state index in [2.05, 4.69) is 10.2 Å². The van der Waals surface area contributed by atoms with Crippen LogP contribution >= 0.6 is 0 Å². The van der Waals surface area contributed by atoms with Crippen LogP contribution in [0.25, 0.3) is 0 Å². The van der Waals surface area contributed by atoms with E-state index in [0.29, 0.717) is 23.6 Å². The molecule has 0 bridgehead atoms. The summed E-state index contributed by atoms with van der Waals surface area (Å²) in [4.78, 5) is 27.9. The number of carbonyl (C=O) groups excluding carboxylic acids is 2. The van der Waals surface area contributed by atoms with Crippen molar-refractivity contribution in [2.75, 3.05) is 32.8 Å². The van der Waals surface area contributed by atoms with Gasteiger partial charge in [-0.05, 0) is 25.3 Å². The molecule has 3 heterocycles. The van der Waals surface area contributed by atoms with Crippen molar-refractivity contribution in [2.45, 2.75) is 19.4 Å². The van der Waals surface area contributed by atoms with Crippen molar-refractivity contribution in [1.82, 2.24) is 10.2 Å². The van der Waals surface area contributed by atoms with E-state index in [-0.39, 0.29) is 17.7 Å². The van der Waals surface area contributed by atoms with Crippen molar-refractivity contribution < 1.29 is 14.3 Å². The monoisotopic (exact) mass is 314 g/mol. The molecule has 0 aromatic heterocycles. The predicted octanol–water partition coefficient (Wildman–Crippen LogP) is 1.34. The Kier molecular flexibility index (Phi) is 3.50. The van der Waals surface area contributed by atoms with Crippen molar-refractivity contribution in [2.24, 2.45) is 11.3 Å². The summed E-state index contributed by atoms with van der Waals surface area (Å²) in [5, 5.41) is 3.09. The first-order valence-electron chi connectivity index (χ1n) is 8.33. The number of fused-ring (bicyclic) bond motifs is 2. The molecule has 1 aromatic rings. The van der Waals surface area contributed by atoms with E-state index in [1.54, 1.807) is 12.1 Å². The van der Waals surface area contributed by atoms with Crippen LogP contribution in [0.1, 0.15) is 34.1 Å². The number of hydrogen-bond acceptors (Lipinski definition) is 4. The Bertz CT molecular complexity index is 653. The number of nitrogens with one attached hydrogen (secondary N) is 1. The molecule has 2 fully saturated rings. The molecule has 0 saturated carbocycles. The molecule has 0 radical (unpaired) electrons. The zero-order chi connectivity index (χ0) is 16.0. The number of benzene rings is 1. The Morgan fingerprint density at radius 1 is 1.30 bits per heavy atom. The fourth-order valence-electron chi connectivity index (χ4n) is 4.19. The molecule has 4 rings (SSSR count). The number of nitrogens with zero attached hydrogens (tertiary/aromatic N) is 1. The zero-order valence-corrected chi connectivity index (χ0v) is 13.4. The Balaban J connectivity index is 1.62. The Hall–Kier alpha value is -1.72. The third kappa shape index (κ3) is 2.39. The lowest BCUT2D eigenvalue weighted by atomic mass is 9.78. The maximum Gasteiger partial charge on any atom is 0.252 e. The molecule has 1 amide bonds. The SMILES string of the molecule is C[C@]12CN(C[C@H]3CCOC3)C[C@H]1NC(=O)c1ccccc1C2=O. The lowest BCUT2D eigenvalue weighted by Gasteiger charge is -2.27. The second-order valence-electron chi connectivity index (χ2n) is 7.24. The van der Waals surface area contributed by atoms with Gasteiger partial charge in [0, 0.05) is 31.8 Å². The maximum atomic E-state index is 13.1. The largest absolute Gasteiger partial charge is 0.381 e. The number of carbonyl (C=O) groups is 2. The molecule has 5 nitrogen and oxygen atoms in total. The summed E-state index contributed by atoms with van der Waals surface area (Å²) in [7, 11) is 0. The molecule has 122 valence electrons. The highest BCUT2D eigenvalue weighted by atomic mass is 16.5. The quantitative estimate of drug-likeness (QED) is 0.895. The van der Waals surface area contributed by atoms with Gasteiger partial charge in [-0.1, -0.05) is 18.2 Å². The van der Waals surface area contributed by atoms with Crippen LogP contribution in [-0.2, 0) is 4.74 Å². The van der Waals surface area contributed by atoms with Crippen LogP contribution in [0.15, 0.2) is 24.3 Å². The average Bonchev–Trinajstić information content (AvgIpc) is 3.14. The Labute approximate surface area is 136 Å². The minimum atomic E-state index is -0.554. The minimum Gasteiger partial charge on any atom is -0.381 e. The maximum absolute atomic E-state index is 13.1. The lowest BCUT2D eigenvalue weighted by molar-refractivity contribution is 0.0787. The molecule has 0 aliphatic carbocycles. The highest BCUT2D eigenvalue weighted by Crippen LogP contribution is 2.37. The molecule has 0 spiro atoms. The van der Waals surface area contributed by atoms with Gasteiger partial charge in [-0.3, -0.25) is 14.5 Å². The van der Waals surface area contributed by atoms with Gasteiger partial charge in [-0.15, -0.1) is 0 Å². The molecule has 1 N–H and O–H groups in total. The van der Waals surface area contributed by atoms with E-state index in [4.69, 9.17) is 4.74 Å². The standard InChI is InChI=1S/C18H22N2O3/c1-18-11-20(8-12-6-7-23-10-12)9-15(18)19-17(22)14-5-3-2-4-13(14)16(18)21/h2-5,12,15H,6-11H2,1H3,(H,19,22)/t12-,15-,18+/m1/s1. The minimum absolute atomic E-state index is 0.0848. The summed E-state index contributed by atoms with van der Waals surface area (Å²) >= 11 is 0. The number of ketones is 1. The third-order valence-corrected chi connectivity index (χ3v) is 5.54. The average molecular weight is 314 g/mol. The molecule has 3 atom stereocenters. The van der Waals surface area contributed by atoms with Crippen molar-refractivity contribution >= 4 is 11.7 Å². The number of ether oxygens (including phenoxy) is 1. The van der Waals surface area contributed by atoms with Crippen LogP contribution in [0.3, 0.4) is 0 Å². The number of hydrogen-bond donors (Lipinski definition) is 1. The van der Waals surface area contributed by atoms with Gasteiger partial charge in [-0.25, -0.2) is 0 Å². The van der Waals surface area contributed by atoms with Gasteiger partial charge in [0.05, 0.1) is 23.6 Å². The fraction of sp³-hybridized carbons (Fsp3) is 0.556. The predicted molar refractivity (Wildman–Crippen MR) is 85.5 cm³/mol. The number of rotatable bonds is 2. The molecule has 1 aromatic carbocycles. The van der Waals surface area contributed by atoms with E-state index >= 15 is 0 Å². The Morgan fingerprint density at radius 3 is 2.83 bits per heavy atom. The van der Waals surface area contributed by atoms with Gasteiger partial charge in [0.2, 0.25) is 0 Å². The van der Waals surface area contributed by atoms with E-state index in [1.807, 2.05) is 19.1 Å². The van der Waals surface area contributed by atoms with Crippen molar-refractivity contribution in [1.29, 1.82) is 0 Å². The van der Waals surface area contributed by atoms with Crippen LogP contribution in [0.2, 0.25) is 0 Å². The van der Waals surface area contributed by atoms with Crippen molar-refractivity contribution in [3.63, 3.8) is 0 Å². The van der Waals surface area contributed by atoms with Crippen LogP contribution in [0, 0.1) is 11.3 Å². The fourth-order valence-corrected chi connectivity index (χ4v) is 4.19. The van der Waals surface area contributed by atoms with Crippen LogP contribution in [0.4, 0.5) is 0 Å². The first kappa shape index (κ1) is 14.8. The third-order valence-electron chi connectivity index (χ3n) is 5.54. The van der Waals surface area contributed by atoms with E-state index in [1.165, 1.54) is 0 Å². The molecule has 3 aliphatic heterocycles. The highest BCUT2D eigenvalue weighted by molar-refractivity contribution is 6.12. The van der Waals surface area contributed by atoms with Crippen molar-refractivity contribution in [3.8, 4) is 0 Å². The summed E-state index contributed by atoms with van der Waals surface area (Å²) in [6.07, 6.45) is 1.08. The second kappa shape index (κ2) is 5.42. The highest BCUT2D eigenvalue weighted by Gasteiger charge is 2.51. The first-order chi connectivity index (χ1) is 11.1. The van der Waals surface area contributed by atoms with Crippen LogP contribution < -0.4 is 5.32 Å². The van der Waals surface area contributed by atoms with E-state index < -0.39 is 5.41 Å². The number of amides is 1. The molecule has 0 unspecified atom stereocenters. The molecular weight excluding hydrogens is 292 g/mol. The smallest absolute Gasteiger partial charge is 0.252 e. The first-order valence-corrected chi connectivity index (χ1v) is 8.33. The summed E-state index contributed by atoms with van der Waals surface area (Å²) < 4.78 is 5.45. The van der Waals surface area contributed by atoms with Gasteiger partial charge < -0.3 is 10.1 Å². The van der Waals surface area contributed by atoms with Gasteiger partial charge >= 0.3 is 0 Å². The molecule has 23 heavy (non-hydrogen) atoms. The van der Waals surface area contributed by atoms with Crippen LogP contribution in [-0.4, -0.2) is 55.5 Å². The molecule has 3 aliphatic rings.